The van der Waals surface area contributed by atoms with Crippen LogP contribution >= 0.6 is 0 Å². The first-order valence-corrected chi connectivity index (χ1v) is 6.21. The largest absolute Gasteiger partial charge is 0.0999 e. The standard InChI is InChI=1S/C14H26/c1-5-7-9-13(3)11-12-14(4)10-8-6-2/h13-14H,5-10H2,1-4H3. The van der Waals surface area contributed by atoms with Crippen molar-refractivity contribution in [2.45, 2.75) is 66.2 Å². The highest BCUT2D eigenvalue weighted by Gasteiger charge is 1.98. The smallest absolute Gasteiger partial charge is 0.0174 e. The molecule has 0 aromatic carbocycles. The fourth-order valence-corrected chi connectivity index (χ4v) is 1.45. The molecule has 0 aliphatic rings. The predicted octanol–water partition coefficient (Wildman–Crippen LogP) is 4.64. The molecule has 0 radical (unpaired) electrons. The summed E-state index contributed by atoms with van der Waals surface area (Å²) in [6, 6.07) is 0. The molecule has 0 amide bonds. The Labute approximate surface area is 90.5 Å². The summed E-state index contributed by atoms with van der Waals surface area (Å²) in [6.07, 6.45) is 7.75. The van der Waals surface area contributed by atoms with Crippen LogP contribution in [0.4, 0.5) is 0 Å². The lowest BCUT2D eigenvalue weighted by Gasteiger charge is -2.03. The van der Waals surface area contributed by atoms with Gasteiger partial charge in [-0.15, -0.1) is 0 Å². The van der Waals surface area contributed by atoms with Gasteiger partial charge in [-0.2, -0.15) is 0 Å². The zero-order valence-electron chi connectivity index (χ0n) is 10.4. The molecule has 0 heterocycles. The van der Waals surface area contributed by atoms with E-state index in [1.165, 1.54) is 38.5 Å². The van der Waals surface area contributed by atoms with Crippen molar-refractivity contribution in [3.8, 4) is 11.8 Å². The van der Waals surface area contributed by atoms with E-state index in [4.69, 9.17) is 0 Å². The molecule has 0 fully saturated rings. The van der Waals surface area contributed by atoms with E-state index in [2.05, 4.69) is 39.5 Å². The summed E-state index contributed by atoms with van der Waals surface area (Å²) in [4.78, 5) is 0. The predicted molar refractivity (Wildman–Crippen MR) is 65.2 cm³/mol. The van der Waals surface area contributed by atoms with Crippen LogP contribution in [0.15, 0.2) is 0 Å². The molecule has 0 heteroatoms. The fourth-order valence-electron chi connectivity index (χ4n) is 1.45. The van der Waals surface area contributed by atoms with Gasteiger partial charge in [-0.05, 0) is 12.8 Å². The molecule has 0 N–H and O–H groups in total. The molecule has 0 aromatic heterocycles. The molecule has 0 rings (SSSR count). The third-order valence-corrected chi connectivity index (χ3v) is 2.56. The van der Waals surface area contributed by atoms with Crippen LogP contribution < -0.4 is 0 Å². The van der Waals surface area contributed by atoms with Gasteiger partial charge in [0.15, 0.2) is 0 Å². The van der Waals surface area contributed by atoms with Gasteiger partial charge in [0.1, 0.15) is 0 Å². The maximum absolute atomic E-state index is 3.38. The van der Waals surface area contributed by atoms with E-state index < -0.39 is 0 Å². The van der Waals surface area contributed by atoms with Crippen molar-refractivity contribution in [3.05, 3.63) is 0 Å². The van der Waals surface area contributed by atoms with Crippen LogP contribution in [-0.4, -0.2) is 0 Å². The van der Waals surface area contributed by atoms with E-state index >= 15 is 0 Å². The van der Waals surface area contributed by atoms with Gasteiger partial charge in [-0.1, -0.05) is 65.2 Å². The van der Waals surface area contributed by atoms with Crippen LogP contribution in [0, 0.1) is 23.7 Å². The van der Waals surface area contributed by atoms with Gasteiger partial charge in [-0.25, -0.2) is 0 Å². The summed E-state index contributed by atoms with van der Waals surface area (Å²) >= 11 is 0. The molecular formula is C14H26. The maximum Gasteiger partial charge on any atom is 0.0174 e. The van der Waals surface area contributed by atoms with Gasteiger partial charge in [0.05, 0.1) is 0 Å². The van der Waals surface area contributed by atoms with Gasteiger partial charge in [0, 0.05) is 11.8 Å². The topological polar surface area (TPSA) is 0 Å². The van der Waals surface area contributed by atoms with Crippen LogP contribution in [0.1, 0.15) is 66.2 Å². The first kappa shape index (κ1) is 13.6. The lowest BCUT2D eigenvalue weighted by atomic mass is 10.0. The first-order chi connectivity index (χ1) is 6.70. The second kappa shape index (κ2) is 9.13. The number of hydrogen-bond acceptors (Lipinski definition) is 0. The highest BCUT2D eigenvalue weighted by atomic mass is 14.0. The SMILES string of the molecule is CCCCC(C)C#CC(C)CCCC. The Morgan fingerprint density at radius 2 is 1.14 bits per heavy atom. The lowest BCUT2D eigenvalue weighted by molar-refractivity contribution is 0.598. The highest BCUT2D eigenvalue weighted by molar-refractivity contribution is 5.05. The van der Waals surface area contributed by atoms with Crippen LogP contribution in [0.2, 0.25) is 0 Å². The molecule has 0 aliphatic heterocycles. The molecule has 0 spiro atoms. The molecule has 0 saturated heterocycles. The zero-order chi connectivity index (χ0) is 10.8. The summed E-state index contributed by atoms with van der Waals surface area (Å²) in [6.45, 7) is 8.97. The normalized spacial score (nSPS) is 14.3. The van der Waals surface area contributed by atoms with Crippen LogP contribution in [0.25, 0.3) is 0 Å². The molecule has 0 nitrogen and oxygen atoms in total. The van der Waals surface area contributed by atoms with Crippen molar-refractivity contribution in [3.63, 3.8) is 0 Å². The van der Waals surface area contributed by atoms with E-state index in [-0.39, 0.29) is 0 Å². The number of rotatable bonds is 6. The fraction of sp³-hybridized carbons (Fsp3) is 0.857. The minimum absolute atomic E-state index is 0.596. The zero-order valence-corrected chi connectivity index (χ0v) is 10.4. The van der Waals surface area contributed by atoms with Crippen LogP contribution in [0.3, 0.4) is 0 Å². The molecular weight excluding hydrogens is 168 g/mol. The maximum atomic E-state index is 3.38. The van der Waals surface area contributed by atoms with Gasteiger partial charge >= 0.3 is 0 Å². The summed E-state index contributed by atoms with van der Waals surface area (Å²) in [5.41, 5.74) is 0. The second-order valence-electron chi connectivity index (χ2n) is 4.38. The summed E-state index contributed by atoms with van der Waals surface area (Å²) in [5.74, 6) is 7.94. The Bertz CT molecular complexity index is 152. The third-order valence-electron chi connectivity index (χ3n) is 2.56. The van der Waals surface area contributed by atoms with E-state index in [0.29, 0.717) is 11.8 Å². The average molecular weight is 194 g/mol. The van der Waals surface area contributed by atoms with Crippen LogP contribution in [-0.2, 0) is 0 Å². The van der Waals surface area contributed by atoms with Crippen LogP contribution in [0.5, 0.6) is 0 Å². The molecule has 2 unspecified atom stereocenters. The molecule has 14 heavy (non-hydrogen) atoms. The third kappa shape index (κ3) is 8.17. The minimum Gasteiger partial charge on any atom is -0.0999 e. The van der Waals surface area contributed by atoms with E-state index in [1.807, 2.05) is 0 Å². The van der Waals surface area contributed by atoms with E-state index in [0.717, 1.165) is 0 Å². The summed E-state index contributed by atoms with van der Waals surface area (Å²) in [7, 11) is 0. The van der Waals surface area contributed by atoms with E-state index in [1.54, 1.807) is 0 Å². The molecule has 0 saturated carbocycles. The molecule has 82 valence electrons. The van der Waals surface area contributed by atoms with Crippen molar-refractivity contribution in [1.82, 2.24) is 0 Å². The Morgan fingerprint density at radius 3 is 1.43 bits per heavy atom. The number of hydrogen-bond donors (Lipinski definition) is 0. The van der Waals surface area contributed by atoms with Crippen molar-refractivity contribution in [1.29, 1.82) is 0 Å². The van der Waals surface area contributed by atoms with Gasteiger partial charge in [0.2, 0.25) is 0 Å². The molecule has 2 atom stereocenters. The summed E-state index contributed by atoms with van der Waals surface area (Å²) < 4.78 is 0. The Balaban J connectivity index is 3.65. The lowest BCUT2D eigenvalue weighted by Crippen LogP contribution is -1.93. The average Bonchev–Trinajstić information content (AvgIpc) is 2.20. The minimum atomic E-state index is 0.596. The van der Waals surface area contributed by atoms with Gasteiger partial charge in [0.25, 0.3) is 0 Å². The number of unbranched alkanes of at least 4 members (excludes halogenated alkanes) is 2. The molecule has 0 bridgehead atoms. The molecule has 0 aliphatic carbocycles. The van der Waals surface area contributed by atoms with E-state index in [9.17, 15) is 0 Å². The highest BCUT2D eigenvalue weighted by Crippen LogP contribution is 2.09. The van der Waals surface area contributed by atoms with Crippen molar-refractivity contribution in [2.75, 3.05) is 0 Å². The molecule has 0 aromatic rings. The Hall–Kier alpha value is -0.440. The van der Waals surface area contributed by atoms with Gasteiger partial charge in [-0.3, -0.25) is 0 Å². The monoisotopic (exact) mass is 194 g/mol. The van der Waals surface area contributed by atoms with Crippen molar-refractivity contribution < 1.29 is 0 Å². The second-order valence-corrected chi connectivity index (χ2v) is 4.38. The van der Waals surface area contributed by atoms with Crippen molar-refractivity contribution in [2.24, 2.45) is 11.8 Å². The Morgan fingerprint density at radius 1 is 0.786 bits per heavy atom. The quantitative estimate of drug-likeness (QED) is 0.540. The van der Waals surface area contributed by atoms with Gasteiger partial charge < -0.3 is 0 Å². The van der Waals surface area contributed by atoms with Crippen molar-refractivity contribution >= 4 is 0 Å². The summed E-state index contributed by atoms with van der Waals surface area (Å²) in [5, 5.41) is 0. The Kier molecular flexibility index (Phi) is 8.84. The first-order valence-electron chi connectivity index (χ1n) is 6.21.